The third-order valence-corrected chi connectivity index (χ3v) is 1.87. The summed E-state index contributed by atoms with van der Waals surface area (Å²) >= 11 is 0. The van der Waals surface area contributed by atoms with E-state index in [1.54, 1.807) is 19.1 Å². The van der Waals surface area contributed by atoms with Crippen LogP contribution in [0.15, 0.2) is 18.2 Å². The summed E-state index contributed by atoms with van der Waals surface area (Å²) < 4.78 is 5.11. The van der Waals surface area contributed by atoms with Crippen molar-refractivity contribution >= 4 is 0 Å². The number of nitrogens with zero attached hydrogens (tertiary/aromatic N) is 2. The molecular formula is C11H10N2O2. The zero-order chi connectivity index (χ0) is 11.3. The highest BCUT2D eigenvalue weighted by atomic mass is 16.6. The number of hydrogen-bond acceptors (Lipinski definition) is 4. The number of hydrogen-bond donors (Lipinski definition) is 1. The molecule has 0 bridgehead atoms. The van der Waals surface area contributed by atoms with E-state index in [1.165, 1.54) is 6.07 Å². The lowest BCUT2D eigenvalue weighted by Gasteiger charge is -2.12. The molecule has 0 heterocycles. The van der Waals surface area contributed by atoms with Crippen LogP contribution < -0.4 is 4.74 Å². The van der Waals surface area contributed by atoms with Crippen LogP contribution in [0.3, 0.4) is 0 Å². The summed E-state index contributed by atoms with van der Waals surface area (Å²) in [5, 5.41) is 26.9. The zero-order valence-electron chi connectivity index (χ0n) is 8.27. The lowest BCUT2D eigenvalue weighted by atomic mass is 10.1. The van der Waals surface area contributed by atoms with Gasteiger partial charge in [0.15, 0.2) is 6.29 Å². The lowest BCUT2D eigenvalue weighted by molar-refractivity contribution is -0.0193. The molecule has 1 atom stereocenters. The van der Waals surface area contributed by atoms with E-state index in [9.17, 15) is 5.11 Å². The van der Waals surface area contributed by atoms with Gasteiger partial charge in [0.2, 0.25) is 0 Å². The molecule has 0 spiro atoms. The minimum Gasteiger partial charge on any atom is -0.464 e. The second-order valence-electron chi connectivity index (χ2n) is 2.88. The summed E-state index contributed by atoms with van der Waals surface area (Å²) in [6, 6.07) is 8.47. The maximum absolute atomic E-state index is 9.28. The molecule has 4 nitrogen and oxygen atoms in total. The fraction of sp³-hybridized carbons (Fsp3) is 0.273. The number of benzene rings is 1. The van der Waals surface area contributed by atoms with E-state index in [0.29, 0.717) is 6.42 Å². The van der Waals surface area contributed by atoms with Crippen molar-refractivity contribution in [3.63, 3.8) is 0 Å². The third kappa shape index (κ3) is 2.46. The molecule has 15 heavy (non-hydrogen) atoms. The fourth-order valence-electron chi connectivity index (χ4n) is 1.07. The molecule has 1 unspecified atom stereocenters. The molecule has 0 aromatic heterocycles. The quantitative estimate of drug-likeness (QED) is 0.754. The molecule has 1 aromatic rings. The molecule has 0 aliphatic rings. The lowest BCUT2D eigenvalue weighted by Crippen LogP contribution is -2.14. The normalized spacial score (nSPS) is 11.2. The molecule has 0 fully saturated rings. The SMILES string of the molecule is CCC(O)Oc1cccc(C#N)c1C#N. The van der Waals surface area contributed by atoms with E-state index in [4.69, 9.17) is 15.3 Å². The Kier molecular flexibility index (Phi) is 3.68. The molecule has 76 valence electrons. The highest BCUT2D eigenvalue weighted by Crippen LogP contribution is 2.22. The van der Waals surface area contributed by atoms with Gasteiger partial charge >= 0.3 is 0 Å². The van der Waals surface area contributed by atoms with Crippen molar-refractivity contribution in [1.82, 2.24) is 0 Å². The molecular weight excluding hydrogens is 192 g/mol. The molecule has 0 saturated heterocycles. The minimum absolute atomic E-state index is 0.160. The molecule has 0 saturated carbocycles. The first-order valence-corrected chi connectivity index (χ1v) is 4.50. The Balaban J connectivity index is 3.09. The number of rotatable bonds is 3. The van der Waals surface area contributed by atoms with Crippen LogP contribution in [0.2, 0.25) is 0 Å². The molecule has 0 amide bonds. The Morgan fingerprint density at radius 2 is 2.13 bits per heavy atom. The molecule has 1 rings (SSSR count). The summed E-state index contributed by atoms with van der Waals surface area (Å²) in [7, 11) is 0. The monoisotopic (exact) mass is 202 g/mol. The van der Waals surface area contributed by atoms with Crippen molar-refractivity contribution in [2.75, 3.05) is 0 Å². The number of aliphatic hydroxyl groups is 1. The van der Waals surface area contributed by atoms with Gasteiger partial charge in [0.25, 0.3) is 0 Å². The van der Waals surface area contributed by atoms with Gasteiger partial charge in [0.05, 0.1) is 5.56 Å². The van der Waals surface area contributed by atoms with Gasteiger partial charge in [0.1, 0.15) is 23.5 Å². The van der Waals surface area contributed by atoms with Crippen molar-refractivity contribution < 1.29 is 9.84 Å². The second-order valence-corrected chi connectivity index (χ2v) is 2.88. The van der Waals surface area contributed by atoms with E-state index < -0.39 is 6.29 Å². The van der Waals surface area contributed by atoms with E-state index >= 15 is 0 Å². The molecule has 0 aliphatic carbocycles. The largest absolute Gasteiger partial charge is 0.464 e. The number of nitriles is 2. The van der Waals surface area contributed by atoms with Gasteiger partial charge in [-0.2, -0.15) is 10.5 Å². The Labute approximate surface area is 87.9 Å². The molecule has 1 aromatic carbocycles. The predicted molar refractivity (Wildman–Crippen MR) is 52.8 cm³/mol. The maximum atomic E-state index is 9.28. The summed E-state index contributed by atoms with van der Waals surface area (Å²) in [5.41, 5.74) is 0.408. The zero-order valence-corrected chi connectivity index (χ0v) is 8.27. The average molecular weight is 202 g/mol. The Morgan fingerprint density at radius 1 is 1.40 bits per heavy atom. The Hall–Kier alpha value is -2.04. The fourth-order valence-corrected chi connectivity index (χ4v) is 1.07. The van der Waals surface area contributed by atoms with Crippen molar-refractivity contribution in [3.8, 4) is 17.9 Å². The van der Waals surface area contributed by atoms with Crippen LogP contribution >= 0.6 is 0 Å². The van der Waals surface area contributed by atoms with Crippen LogP contribution in [0.5, 0.6) is 5.75 Å². The van der Waals surface area contributed by atoms with Gasteiger partial charge in [-0.05, 0) is 12.1 Å². The smallest absolute Gasteiger partial charge is 0.197 e. The summed E-state index contributed by atoms with van der Waals surface area (Å²) in [6.45, 7) is 1.75. The molecule has 1 N–H and O–H groups in total. The van der Waals surface area contributed by atoms with Crippen LogP contribution in [-0.4, -0.2) is 11.4 Å². The van der Waals surface area contributed by atoms with Crippen LogP contribution in [0.1, 0.15) is 24.5 Å². The Morgan fingerprint density at radius 3 is 2.67 bits per heavy atom. The highest BCUT2D eigenvalue weighted by Gasteiger charge is 2.11. The van der Waals surface area contributed by atoms with Crippen molar-refractivity contribution in [1.29, 1.82) is 10.5 Å². The standard InChI is InChI=1S/C11H10N2O2/c1-2-11(14)15-10-5-3-4-8(6-12)9(10)7-13/h3-5,11,14H,2H2,1H3. The van der Waals surface area contributed by atoms with Gasteiger partial charge in [-0.25, -0.2) is 0 Å². The molecule has 4 heteroatoms. The number of ether oxygens (including phenoxy) is 1. The van der Waals surface area contributed by atoms with E-state index in [0.717, 1.165) is 0 Å². The first kappa shape index (κ1) is 11.0. The first-order valence-electron chi connectivity index (χ1n) is 4.50. The summed E-state index contributed by atoms with van der Waals surface area (Å²) in [4.78, 5) is 0. The average Bonchev–Trinajstić information content (AvgIpc) is 2.28. The second kappa shape index (κ2) is 4.99. The summed E-state index contributed by atoms with van der Waals surface area (Å²) in [6.07, 6.45) is -0.534. The van der Waals surface area contributed by atoms with Crippen LogP contribution in [0.4, 0.5) is 0 Å². The maximum Gasteiger partial charge on any atom is 0.197 e. The first-order chi connectivity index (χ1) is 7.22. The third-order valence-electron chi connectivity index (χ3n) is 1.87. The summed E-state index contributed by atoms with van der Waals surface area (Å²) in [5.74, 6) is 0.242. The topological polar surface area (TPSA) is 77.0 Å². The van der Waals surface area contributed by atoms with Crippen molar-refractivity contribution in [2.45, 2.75) is 19.6 Å². The van der Waals surface area contributed by atoms with E-state index in [-0.39, 0.29) is 16.9 Å². The van der Waals surface area contributed by atoms with Gasteiger partial charge < -0.3 is 9.84 Å². The van der Waals surface area contributed by atoms with Gasteiger partial charge in [0, 0.05) is 6.42 Å². The van der Waals surface area contributed by atoms with E-state index in [1.807, 2.05) is 12.1 Å². The van der Waals surface area contributed by atoms with E-state index in [2.05, 4.69) is 0 Å². The van der Waals surface area contributed by atoms with Crippen LogP contribution in [0, 0.1) is 22.7 Å². The van der Waals surface area contributed by atoms with Crippen molar-refractivity contribution in [3.05, 3.63) is 29.3 Å². The van der Waals surface area contributed by atoms with Crippen molar-refractivity contribution in [2.24, 2.45) is 0 Å². The Bertz CT molecular complexity index is 429. The van der Waals surface area contributed by atoms with Crippen LogP contribution in [-0.2, 0) is 0 Å². The minimum atomic E-state index is -0.953. The van der Waals surface area contributed by atoms with Gasteiger partial charge in [-0.3, -0.25) is 0 Å². The molecule has 0 aliphatic heterocycles. The molecule has 0 radical (unpaired) electrons. The highest BCUT2D eigenvalue weighted by molar-refractivity contribution is 5.53. The van der Waals surface area contributed by atoms with Gasteiger partial charge in [-0.1, -0.05) is 13.0 Å². The van der Waals surface area contributed by atoms with Gasteiger partial charge in [-0.15, -0.1) is 0 Å². The van der Waals surface area contributed by atoms with Crippen LogP contribution in [0.25, 0.3) is 0 Å². The predicted octanol–water partition coefficient (Wildman–Crippen LogP) is 1.54. The number of aliphatic hydroxyl groups excluding tert-OH is 1.